The number of carbonyl (C=O) groups excluding carboxylic acids is 1. The van der Waals surface area contributed by atoms with E-state index in [1.54, 1.807) is 31.2 Å². The van der Waals surface area contributed by atoms with Crippen molar-refractivity contribution in [3.05, 3.63) is 58.9 Å². The number of halogens is 2. The number of hydrogen-bond acceptors (Lipinski definition) is 3. The van der Waals surface area contributed by atoms with Gasteiger partial charge in [-0.05, 0) is 36.8 Å². The molecule has 0 unspecified atom stereocenters. The van der Waals surface area contributed by atoms with Crippen LogP contribution in [0.2, 0.25) is 5.02 Å². The summed E-state index contributed by atoms with van der Waals surface area (Å²) in [6.45, 7) is 1.33. The van der Waals surface area contributed by atoms with Crippen LogP contribution in [0.3, 0.4) is 0 Å². The van der Waals surface area contributed by atoms with Crippen molar-refractivity contribution in [1.29, 1.82) is 0 Å². The SMILES string of the molecule is Cc1ccccc1N(CC(=O)Nc1ccc(F)cc1Cl)S(C)(=O)=O. The maximum atomic E-state index is 13.0. The Morgan fingerprint density at radius 1 is 1.25 bits per heavy atom. The Hall–Kier alpha value is -2.12. The number of rotatable bonds is 5. The van der Waals surface area contributed by atoms with E-state index in [4.69, 9.17) is 11.6 Å². The van der Waals surface area contributed by atoms with E-state index in [0.29, 0.717) is 5.69 Å². The van der Waals surface area contributed by atoms with Gasteiger partial charge in [0.2, 0.25) is 15.9 Å². The zero-order valence-corrected chi connectivity index (χ0v) is 14.7. The van der Waals surface area contributed by atoms with Gasteiger partial charge in [-0.25, -0.2) is 12.8 Å². The molecule has 0 saturated carbocycles. The number of amides is 1. The quantitative estimate of drug-likeness (QED) is 0.878. The second kappa shape index (κ2) is 7.19. The van der Waals surface area contributed by atoms with Gasteiger partial charge in [-0.15, -0.1) is 0 Å². The second-order valence-corrected chi connectivity index (χ2v) is 7.54. The maximum Gasteiger partial charge on any atom is 0.245 e. The fraction of sp³-hybridized carbons (Fsp3) is 0.188. The van der Waals surface area contributed by atoms with E-state index in [9.17, 15) is 17.6 Å². The van der Waals surface area contributed by atoms with E-state index >= 15 is 0 Å². The van der Waals surface area contributed by atoms with Gasteiger partial charge in [0.1, 0.15) is 12.4 Å². The molecule has 0 heterocycles. The Morgan fingerprint density at radius 3 is 2.50 bits per heavy atom. The van der Waals surface area contributed by atoms with E-state index in [0.717, 1.165) is 28.3 Å². The standard InChI is InChI=1S/C16H16ClFN2O3S/c1-11-5-3-4-6-15(11)20(24(2,22)23)10-16(21)19-14-8-7-12(18)9-13(14)17/h3-9H,10H2,1-2H3,(H,19,21). The van der Waals surface area contributed by atoms with Gasteiger partial charge in [-0.2, -0.15) is 0 Å². The third-order valence-corrected chi connectivity index (χ3v) is 4.72. The number of para-hydroxylation sites is 1. The van der Waals surface area contributed by atoms with Crippen molar-refractivity contribution >= 4 is 38.9 Å². The maximum absolute atomic E-state index is 13.0. The molecule has 0 saturated heterocycles. The zero-order chi connectivity index (χ0) is 17.9. The second-order valence-electron chi connectivity index (χ2n) is 5.23. The molecule has 0 bridgehead atoms. The average molecular weight is 371 g/mol. The van der Waals surface area contributed by atoms with Crippen LogP contribution in [0.1, 0.15) is 5.56 Å². The first-order chi connectivity index (χ1) is 11.2. The number of nitrogens with one attached hydrogen (secondary N) is 1. The number of benzene rings is 2. The molecule has 0 aliphatic rings. The molecule has 5 nitrogen and oxygen atoms in total. The normalized spacial score (nSPS) is 11.2. The Morgan fingerprint density at radius 2 is 1.92 bits per heavy atom. The van der Waals surface area contributed by atoms with Crippen molar-refractivity contribution in [2.45, 2.75) is 6.92 Å². The summed E-state index contributed by atoms with van der Waals surface area (Å²) in [5.74, 6) is -1.12. The number of hydrogen-bond donors (Lipinski definition) is 1. The molecule has 0 radical (unpaired) electrons. The molecule has 0 atom stereocenters. The lowest BCUT2D eigenvalue weighted by Crippen LogP contribution is -2.37. The van der Waals surface area contributed by atoms with Gasteiger partial charge in [0, 0.05) is 0 Å². The van der Waals surface area contributed by atoms with Crippen molar-refractivity contribution in [2.75, 3.05) is 22.4 Å². The fourth-order valence-electron chi connectivity index (χ4n) is 2.14. The van der Waals surface area contributed by atoms with E-state index in [-0.39, 0.29) is 10.7 Å². The lowest BCUT2D eigenvalue weighted by atomic mass is 10.2. The van der Waals surface area contributed by atoms with E-state index < -0.39 is 28.3 Å². The zero-order valence-electron chi connectivity index (χ0n) is 13.1. The number of carbonyl (C=O) groups is 1. The molecular weight excluding hydrogens is 355 g/mol. The minimum absolute atomic E-state index is 0.0325. The van der Waals surface area contributed by atoms with Gasteiger partial charge in [0.15, 0.2) is 0 Å². The van der Waals surface area contributed by atoms with Crippen LogP contribution in [0.25, 0.3) is 0 Å². The van der Waals surface area contributed by atoms with Crippen molar-refractivity contribution in [3.8, 4) is 0 Å². The lowest BCUT2D eigenvalue weighted by Gasteiger charge is -2.23. The van der Waals surface area contributed by atoms with E-state index in [2.05, 4.69) is 5.32 Å². The monoisotopic (exact) mass is 370 g/mol. The molecule has 8 heteroatoms. The van der Waals surface area contributed by atoms with E-state index in [1.165, 1.54) is 6.07 Å². The highest BCUT2D eigenvalue weighted by Crippen LogP contribution is 2.24. The van der Waals surface area contributed by atoms with E-state index in [1.807, 2.05) is 0 Å². The molecule has 1 N–H and O–H groups in total. The van der Waals surface area contributed by atoms with Gasteiger partial charge in [-0.1, -0.05) is 29.8 Å². The molecule has 1 amide bonds. The van der Waals surface area contributed by atoms with Crippen molar-refractivity contribution in [3.63, 3.8) is 0 Å². The number of sulfonamides is 1. The first-order valence-electron chi connectivity index (χ1n) is 6.97. The molecule has 128 valence electrons. The van der Waals surface area contributed by atoms with Gasteiger partial charge in [0.05, 0.1) is 22.7 Å². The lowest BCUT2D eigenvalue weighted by molar-refractivity contribution is -0.114. The highest BCUT2D eigenvalue weighted by atomic mass is 35.5. The van der Waals surface area contributed by atoms with Gasteiger partial charge in [-0.3, -0.25) is 9.10 Å². The van der Waals surface area contributed by atoms with Crippen molar-refractivity contribution in [2.24, 2.45) is 0 Å². The Labute approximate surface area is 145 Å². The van der Waals surface area contributed by atoms with Gasteiger partial charge < -0.3 is 5.32 Å². The number of nitrogens with zero attached hydrogens (tertiary/aromatic N) is 1. The first kappa shape index (κ1) is 18.2. The summed E-state index contributed by atoms with van der Waals surface area (Å²) in [6.07, 6.45) is 1.03. The molecule has 2 rings (SSSR count). The summed E-state index contributed by atoms with van der Waals surface area (Å²) >= 11 is 5.86. The number of anilines is 2. The van der Waals surface area contributed by atoms with Crippen LogP contribution in [0.15, 0.2) is 42.5 Å². The molecule has 0 aliphatic carbocycles. The summed E-state index contributed by atoms with van der Waals surface area (Å²) in [5, 5.41) is 2.52. The molecule has 0 spiro atoms. The van der Waals surface area contributed by atoms with Crippen LogP contribution in [0, 0.1) is 12.7 Å². The van der Waals surface area contributed by atoms with Gasteiger partial charge in [0.25, 0.3) is 0 Å². The first-order valence-corrected chi connectivity index (χ1v) is 9.19. The highest BCUT2D eigenvalue weighted by molar-refractivity contribution is 7.92. The van der Waals surface area contributed by atoms with Crippen LogP contribution in [0.5, 0.6) is 0 Å². The highest BCUT2D eigenvalue weighted by Gasteiger charge is 2.22. The minimum atomic E-state index is -3.67. The number of aryl methyl sites for hydroxylation is 1. The topological polar surface area (TPSA) is 66.5 Å². The molecule has 24 heavy (non-hydrogen) atoms. The average Bonchev–Trinajstić information content (AvgIpc) is 2.47. The van der Waals surface area contributed by atoms with Crippen LogP contribution in [0.4, 0.5) is 15.8 Å². The summed E-state index contributed by atoms with van der Waals surface area (Å²) in [7, 11) is -3.67. The Bertz CT molecular complexity index is 871. The summed E-state index contributed by atoms with van der Waals surface area (Å²) in [4.78, 5) is 12.2. The summed E-state index contributed by atoms with van der Waals surface area (Å²) < 4.78 is 38.1. The molecule has 0 aliphatic heterocycles. The van der Waals surface area contributed by atoms with Crippen molar-refractivity contribution in [1.82, 2.24) is 0 Å². The Balaban J connectivity index is 2.24. The molecule has 2 aromatic carbocycles. The largest absolute Gasteiger partial charge is 0.323 e. The molecule has 2 aromatic rings. The van der Waals surface area contributed by atoms with Crippen LogP contribution in [-0.2, 0) is 14.8 Å². The third kappa shape index (κ3) is 4.46. The summed E-state index contributed by atoms with van der Waals surface area (Å²) in [6, 6.07) is 10.4. The van der Waals surface area contributed by atoms with Crippen molar-refractivity contribution < 1.29 is 17.6 Å². The minimum Gasteiger partial charge on any atom is -0.323 e. The summed E-state index contributed by atoms with van der Waals surface area (Å²) in [5.41, 5.74) is 1.34. The van der Waals surface area contributed by atoms with Crippen LogP contribution >= 0.6 is 11.6 Å². The third-order valence-electron chi connectivity index (χ3n) is 3.28. The predicted octanol–water partition coefficient (Wildman–Crippen LogP) is 3.19. The molecule has 0 fully saturated rings. The predicted molar refractivity (Wildman–Crippen MR) is 93.4 cm³/mol. The van der Waals surface area contributed by atoms with Gasteiger partial charge >= 0.3 is 0 Å². The Kier molecular flexibility index (Phi) is 5.46. The van der Waals surface area contributed by atoms with Crippen LogP contribution < -0.4 is 9.62 Å². The van der Waals surface area contributed by atoms with Crippen LogP contribution in [-0.4, -0.2) is 27.1 Å². The molecule has 0 aromatic heterocycles. The molecular formula is C16H16ClFN2O3S. The smallest absolute Gasteiger partial charge is 0.245 e. The fourth-order valence-corrected chi connectivity index (χ4v) is 3.26.